The fraction of sp³-hybridized carbons (Fsp3) is 0.562. The molecular formula is C16H24N2O. The van der Waals surface area contributed by atoms with E-state index in [1.54, 1.807) is 0 Å². The molecule has 1 aromatic carbocycles. The van der Waals surface area contributed by atoms with Crippen molar-refractivity contribution in [3.63, 3.8) is 0 Å². The number of benzene rings is 1. The second-order valence-electron chi connectivity index (χ2n) is 5.17. The first-order valence-corrected chi connectivity index (χ1v) is 7.40. The summed E-state index contributed by atoms with van der Waals surface area (Å²) in [5, 5.41) is 6.44. The van der Waals surface area contributed by atoms with Gasteiger partial charge in [-0.2, -0.15) is 0 Å². The number of nitrogens with one attached hydrogen (secondary N) is 2. The summed E-state index contributed by atoms with van der Waals surface area (Å²) in [4.78, 5) is 11.9. The lowest BCUT2D eigenvalue weighted by Gasteiger charge is -2.22. The Morgan fingerprint density at radius 1 is 1.37 bits per heavy atom. The van der Waals surface area contributed by atoms with Crippen molar-refractivity contribution in [2.75, 3.05) is 13.1 Å². The molecule has 1 aliphatic rings. The molecule has 1 amide bonds. The summed E-state index contributed by atoms with van der Waals surface area (Å²) in [7, 11) is 0. The lowest BCUT2D eigenvalue weighted by Crippen LogP contribution is -2.32. The highest BCUT2D eigenvalue weighted by atomic mass is 16.1. The van der Waals surface area contributed by atoms with Gasteiger partial charge in [0.1, 0.15) is 0 Å². The van der Waals surface area contributed by atoms with E-state index in [1.165, 1.54) is 24.0 Å². The molecule has 0 saturated heterocycles. The van der Waals surface area contributed by atoms with E-state index in [0.29, 0.717) is 6.04 Å². The van der Waals surface area contributed by atoms with Crippen LogP contribution in [-0.2, 0) is 6.42 Å². The van der Waals surface area contributed by atoms with Crippen molar-refractivity contribution in [3.05, 3.63) is 34.9 Å². The molecule has 3 heteroatoms. The van der Waals surface area contributed by atoms with Crippen LogP contribution in [0.2, 0.25) is 0 Å². The summed E-state index contributed by atoms with van der Waals surface area (Å²) in [6, 6.07) is 6.75. The minimum absolute atomic E-state index is 0.0776. The average Bonchev–Trinajstić information content (AvgIpc) is 2.44. The van der Waals surface area contributed by atoms with Crippen LogP contribution < -0.4 is 10.6 Å². The quantitative estimate of drug-likeness (QED) is 0.826. The third-order valence-electron chi connectivity index (χ3n) is 3.76. The Hall–Kier alpha value is -1.35. The Labute approximate surface area is 115 Å². The molecule has 1 unspecified atom stereocenters. The summed E-state index contributed by atoms with van der Waals surface area (Å²) in [6.07, 6.45) is 4.49. The molecule has 0 radical (unpaired) electrons. The van der Waals surface area contributed by atoms with E-state index in [0.717, 1.165) is 31.5 Å². The van der Waals surface area contributed by atoms with Gasteiger partial charge in [0.15, 0.2) is 0 Å². The maximum atomic E-state index is 11.9. The standard InChI is InChI=1S/C16H24N2O/c1-3-5-6-15(17-4-2)13-8-7-12-9-10-18-16(19)14(12)11-13/h7-8,11,15,17H,3-6,9-10H2,1-2H3,(H,18,19). The Morgan fingerprint density at radius 2 is 2.21 bits per heavy atom. The normalized spacial score (nSPS) is 15.8. The first-order chi connectivity index (χ1) is 9.26. The van der Waals surface area contributed by atoms with Crippen molar-refractivity contribution in [3.8, 4) is 0 Å². The van der Waals surface area contributed by atoms with Gasteiger partial charge in [-0.15, -0.1) is 0 Å². The predicted octanol–water partition coefficient (Wildman–Crippen LogP) is 2.81. The van der Waals surface area contributed by atoms with Crippen LogP contribution in [0.25, 0.3) is 0 Å². The van der Waals surface area contributed by atoms with E-state index in [1.807, 2.05) is 0 Å². The second kappa shape index (κ2) is 6.71. The lowest BCUT2D eigenvalue weighted by atomic mass is 9.93. The molecule has 3 nitrogen and oxygen atoms in total. The van der Waals surface area contributed by atoms with Gasteiger partial charge in [-0.3, -0.25) is 4.79 Å². The van der Waals surface area contributed by atoms with Gasteiger partial charge in [-0.25, -0.2) is 0 Å². The van der Waals surface area contributed by atoms with Gasteiger partial charge in [-0.05, 0) is 36.6 Å². The minimum atomic E-state index is 0.0776. The van der Waals surface area contributed by atoms with Crippen LogP contribution in [-0.4, -0.2) is 19.0 Å². The average molecular weight is 260 g/mol. The smallest absolute Gasteiger partial charge is 0.251 e. The number of hydrogen-bond donors (Lipinski definition) is 2. The van der Waals surface area contributed by atoms with Gasteiger partial charge in [0.25, 0.3) is 5.91 Å². The van der Waals surface area contributed by atoms with Crippen molar-refractivity contribution in [2.24, 2.45) is 0 Å². The third kappa shape index (κ3) is 3.35. The summed E-state index contributed by atoms with van der Waals surface area (Å²) >= 11 is 0. The van der Waals surface area contributed by atoms with E-state index < -0.39 is 0 Å². The van der Waals surface area contributed by atoms with Crippen molar-refractivity contribution in [2.45, 2.75) is 45.6 Å². The molecule has 0 fully saturated rings. The highest BCUT2D eigenvalue weighted by molar-refractivity contribution is 5.96. The Kier molecular flexibility index (Phi) is 4.97. The molecule has 19 heavy (non-hydrogen) atoms. The van der Waals surface area contributed by atoms with Crippen molar-refractivity contribution in [1.29, 1.82) is 0 Å². The van der Waals surface area contributed by atoms with Crippen LogP contribution in [0.1, 0.15) is 60.6 Å². The van der Waals surface area contributed by atoms with E-state index in [9.17, 15) is 4.79 Å². The monoisotopic (exact) mass is 260 g/mol. The summed E-state index contributed by atoms with van der Waals surface area (Å²) in [6.45, 7) is 6.06. The molecule has 1 aliphatic heterocycles. The molecule has 2 rings (SSSR count). The number of unbranched alkanes of at least 4 members (excludes halogenated alkanes) is 1. The van der Waals surface area contributed by atoms with Crippen LogP contribution in [0.4, 0.5) is 0 Å². The number of carbonyl (C=O) groups is 1. The third-order valence-corrected chi connectivity index (χ3v) is 3.76. The fourth-order valence-corrected chi connectivity index (χ4v) is 2.69. The number of amides is 1. The number of carbonyl (C=O) groups excluding carboxylic acids is 1. The molecule has 1 heterocycles. The molecule has 2 N–H and O–H groups in total. The molecule has 104 valence electrons. The van der Waals surface area contributed by atoms with Gasteiger partial charge in [-0.1, -0.05) is 38.8 Å². The Morgan fingerprint density at radius 3 is 2.95 bits per heavy atom. The van der Waals surface area contributed by atoms with Crippen molar-refractivity contribution < 1.29 is 4.79 Å². The molecule has 0 aliphatic carbocycles. The van der Waals surface area contributed by atoms with Crippen molar-refractivity contribution in [1.82, 2.24) is 10.6 Å². The summed E-state index contributed by atoms with van der Waals surface area (Å²) in [5.41, 5.74) is 3.28. The van der Waals surface area contributed by atoms with E-state index in [4.69, 9.17) is 0 Å². The van der Waals surface area contributed by atoms with E-state index in [2.05, 4.69) is 42.7 Å². The van der Waals surface area contributed by atoms with Gasteiger partial charge in [0, 0.05) is 18.2 Å². The summed E-state index contributed by atoms with van der Waals surface area (Å²) < 4.78 is 0. The highest BCUT2D eigenvalue weighted by Gasteiger charge is 2.19. The number of fused-ring (bicyclic) bond motifs is 1. The second-order valence-corrected chi connectivity index (χ2v) is 5.17. The molecule has 1 aromatic rings. The largest absolute Gasteiger partial charge is 0.352 e. The number of hydrogen-bond acceptors (Lipinski definition) is 2. The maximum absolute atomic E-state index is 11.9. The zero-order valence-electron chi connectivity index (χ0n) is 12.0. The highest BCUT2D eigenvalue weighted by Crippen LogP contribution is 2.24. The van der Waals surface area contributed by atoms with Crippen LogP contribution in [0.3, 0.4) is 0 Å². The predicted molar refractivity (Wildman–Crippen MR) is 78.4 cm³/mol. The van der Waals surface area contributed by atoms with Crippen molar-refractivity contribution >= 4 is 5.91 Å². The molecule has 0 aromatic heterocycles. The zero-order valence-corrected chi connectivity index (χ0v) is 12.0. The van der Waals surface area contributed by atoms with Gasteiger partial charge in [0.2, 0.25) is 0 Å². The van der Waals surface area contributed by atoms with Gasteiger partial charge < -0.3 is 10.6 Å². The fourth-order valence-electron chi connectivity index (χ4n) is 2.69. The maximum Gasteiger partial charge on any atom is 0.251 e. The topological polar surface area (TPSA) is 41.1 Å². The molecule has 0 spiro atoms. The molecule has 1 atom stereocenters. The first-order valence-electron chi connectivity index (χ1n) is 7.40. The number of rotatable bonds is 6. The van der Waals surface area contributed by atoms with Crippen LogP contribution in [0.5, 0.6) is 0 Å². The lowest BCUT2D eigenvalue weighted by molar-refractivity contribution is 0.0946. The van der Waals surface area contributed by atoms with E-state index in [-0.39, 0.29) is 5.91 Å². The van der Waals surface area contributed by atoms with Gasteiger partial charge >= 0.3 is 0 Å². The molecule has 0 saturated carbocycles. The SMILES string of the molecule is CCCCC(NCC)c1ccc2c(c1)C(=O)NCC2. The van der Waals surface area contributed by atoms with Gasteiger partial charge in [0.05, 0.1) is 0 Å². The first kappa shape index (κ1) is 14.1. The van der Waals surface area contributed by atoms with Crippen LogP contribution in [0.15, 0.2) is 18.2 Å². The molecular weight excluding hydrogens is 236 g/mol. The van der Waals surface area contributed by atoms with E-state index >= 15 is 0 Å². The Bertz CT molecular complexity index is 442. The molecule has 0 bridgehead atoms. The summed E-state index contributed by atoms with van der Waals surface area (Å²) in [5.74, 6) is 0.0776. The Balaban J connectivity index is 2.22. The van der Waals surface area contributed by atoms with Crippen LogP contribution in [0, 0.1) is 0 Å². The minimum Gasteiger partial charge on any atom is -0.352 e. The zero-order chi connectivity index (χ0) is 13.7. The van der Waals surface area contributed by atoms with Crippen LogP contribution >= 0.6 is 0 Å².